The van der Waals surface area contributed by atoms with Crippen molar-refractivity contribution in [3.05, 3.63) is 24.5 Å². The summed E-state index contributed by atoms with van der Waals surface area (Å²) in [4.78, 5) is 6.66. The lowest BCUT2D eigenvalue weighted by atomic mass is 10.1. The summed E-state index contributed by atoms with van der Waals surface area (Å²) >= 11 is 0. The molecular formula is C12H17N3. The third kappa shape index (κ3) is 1.72. The monoisotopic (exact) mass is 203 g/mol. The Balaban J connectivity index is 1.69. The molecule has 15 heavy (non-hydrogen) atoms. The fourth-order valence-electron chi connectivity index (χ4n) is 2.91. The zero-order valence-electron chi connectivity index (χ0n) is 8.89. The summed E-state index contributed by atoms with van der Waals surface area (Å²) in [6, 6.07) is 5.53. The van der Waals surface area contributed by atoms with Crippen LogP contribution in [0.4, 0.5) is 5.69 Å². The summed E-state index contributed by atoms with van der Waals surface area (Å²) in [6.07, 6.45) is 7.72. The lowest BCUT2D eigenvalue weighted by Gasteiger charge is -2.22. The average molecular weight is 203 g/mol. The van der Waals surface area contributed by atoms with Crippen molar-refractivity contribution in [3.8, 4) is 0 Å². The van der Waals surface area contributed by atoms with Gasteiger partial charge in [-0.15, -0.1) is 0 Å². The van der Waals surface area contributed by atoms with Crippen molar-refractivity contribution in [3.63, 3.8) is 0 Å². The molecular weight excluding hydrogens is 186 g/mol. The van der Waals surface area contributed by atoms with Crippen LogP contribution in [0.5, 0.6) is 0 Å². The molecule has 2 aliphatic heterocycles. The van der Waals surface area contributed by atoms with Crippen molar-refractivity contribution in [1.82, 2.24) is 9.88 Å². The Kier molecular flexibility index (Phi) is 2.33. The first-order valence-electron chi connectivity index (χ1n) is 5.84. The number of nitrogens with one attached hydrogen (secondary N) is 1. The third-order valence-corrected chi connectivity index (χ3v) is 3.64. The van der Waals surface area contributed by atoms with Gasteiger partial charge >= 0.3 is 0 Å². The first-order valence-corrected chi connectivity index (χ1v) is 5.84. The van der Waals surface area contributed by atoms with Gasteiger partial charge in [0, 0.05) is 36.7 Å². The van der Waals surface area contributed by atoms with Gasteiger partial charge in [-0.05, 0) is 37.9 Å². The highest BCUT2D eigenvalue weighted by molar-refractivity contribution is 5.42. The fourth-order valence-corrected chi connectivity index (χ4v) is 2.91. The first kappa shape index (κ1) is 9.16. The summed E-state index contributed by atoms with van der Waals surface area (Å²) in [6.45, 7) is 2.58. The van der Waals surface area contributed by atoms with Crippen LogP contribution in [0, 0.1) is 0 Å². The van der Waals surface area contributed by atoms with Gasteiger partial charge in [0.25, 0.3) is 0 Å². The Morgan fingerprint density at radius 1 is 1.20 bits per heavy atom. The van der Waals surface area contributed by atoms with Crippen LogP contribution < -0.4 is 5.32 Å². The molecule has 1 N–H and O–H groups in total. The number of anilines is 1. The first-order chi connectivity index (χ1) is 7.43. The van der Waals surface area contributed by atoms with E-state index in [1.54, 1.807) is 0 Å². The van der Waals surface area contributed by atoms with E-state index in [0.717, 1.165) is 6.04 Å². The standard InChI is InChI=1S/C12H17N3/c1-2-12-11(5-9-15(12)8-1)14-10-3-6-13-7-4-10/h3-4,6-7,11-12H,1-2,5,8-9H2,(H,13,14). The molecule has 1 aromatic heterocycles. The lowest BCUT2D eigenvalue weighted by molar-refractivity contribution is 0.318. The van der Waals surface area contributed by atoms with Crippen molar-refractivity contribution >= 4 is 5.69 Å². The summed E-state index contributed by atoms with van der Waals surface area (Å²) in [5.74, 6) is 0. The summed E-state index contributed by atoms with van der Waals surface area (Å²) in [7, 11) is 0. The molecule has 2 saturated heterocycles. The normalized spacial score (nSPS) is 30.4. The minimum atomic E-state index is 0.648. The molecule has 3 rings (SSSR count). The number of rotatable bonds is 2. The van der Waals surface area contributed by atoms with E-state index in [1.807, 2.05) is 12.4 Å². The van der Waals surface area contributed by atoms with Crippen LogP contribution >= 0.6 is 0 Å². The molecule has 3 nitrogen and oxygen atoms in total. The van der Waals surface area contributed by atoms with Gasteiger partial charge in [0.05, 0.1) is 0 Å². The van der Waals surface area contributed by atoms with Gasteiger partial charge in [0.2, 0.25) is 0 Å². The number of nitrogens with zero attached hydrogens (tertiary/aromatic N) is 2. The van der Waals surface area contributed by atoms with E-state index >= 15 is 0 Å². The van der Waals surface area contributed by atoms with E-state index in [2.05, 4.69) is 27.3 Å². The fraction of sp³-hybridized carbons (Fsp3) is 0.583. The molecule has 0 spiro atoms. The number of hydrogen-bond acceptors (Lipinski definition) is 3. The average Bonchev–Trinajstić information content (AvgIpc) is 2.85. The quantitative estimate of drug-likeness (QED) is 0.793. The zero-order valence-corrected chi connectivity index (χ0v) is 8.89. The van der Waals surface area contributed by atoms with Crippen molar-refractivity contribution < 1.29 is 0 Å². The van der Waals surface area contributed by atoms with Crippen LogP contribution in [-0.4, -0.2) is 35.1 Å². The SMILES string of the molecule is c1cc(NC2CCN3CCCC23)ccn1. The smallest absolute Gasteiger partial charge is 0.0429 e. The predicted octanol–water partition coefficient (Wildman–Crippen LogP) is 1.73. The van der Waals surface area contributed by atoms with Gasteiger partial charge in [0.15, 0.2) is 0 Å². The van der Waals surface area contributed by atoms with Crippen LogP contribution in [-0.2, 0) is 0 Å². The van der Waals surface area contributed by atoms with E-state index in [0.29, 0.717) is 6.04 Å². The number of pyridine rings is 1. The highest BCUT2D eigenvalue weighted by Crippen LogP contribution is 2.29. The van der Waals surface area contributed by atoms with E-state index in [4.69, 9.17) is 0 Å². The molecule has 0 amide bonds. The molecule has 0 bridgehead atoms. The van der Waals surface area contributed by atoms with E-state index in [9.17, 15) is 0 Å². The van der Waals surface area contributed by atoms with Gasteiger partial charge in [-0.1, -0.05) is 0 Å². The molecule has 0 aliphatic carbocycles. The number of aromatic nitrogens is 1. The topological polar surface area (TPSA) is 28.2 Å². The maximum Gasteiger partial charge on any atom is 0.0429 e. The van der Waals surface area contributed by atoms with Crippen molar-refractivity contribution in [2.24, 2.45) is 0 Å². The van der Waals surface area contributed by atoms with Gasteiger partial charge in [-0.25, -0.2) is 0 Å². The molecule has 2 aliphatic rings. The Labute approximate surface area is 90.5 Å². The van der Waals surface area contributed by atoms with Gasteiger partial charge in [-0.2, -0.15) is 0 Å². The van der Waals surface area contributed by atoms with Crippen molar-refractivity contribution in [2.45, 2.75) is 31.3 Å². The molecule has 2 fully saturated rings. The molecule has 3 heterocycles. The summed E-state index contributed by atoms with van der Waals surface area (Å²) < 4.78 is 0. The number of fused-ring (bicyclic) bond motifs is 1. The van der Waals surface area contributed by atoms with E-state index in [-0.39, 0.29) is 0 Å². The van der Waals surface area contributed by atoms with E-state index in [1.165, 1.54) is 38.0 Å². The maximum atomic E-state index is 4.04. The van der Waals surface area contributed by atoms with Crippen LogP contribution in [0.15, 0.2) is 24.5 Å². The van der Waals surface area contributed by atoms with E-state index < -0.39 is 0 Å². The van der Waals surface area contributed by atoms with Crippen LogP contribution in [0.1, 0.15) is 19.3 Å². The minimum absolute atomic E-state index is 0.648. The summed E-state index contributed by atoms with van der Waals surface area (Å²) in [5.41, 5.74) is 1.21. The second-order valence-electron chi connectivity index (χ2n) is 4.52. The Morgan fingerprint density at radius 2 is 2.07 bits per heavy atom. The third-order valence-electron chi connectivity index (χ3n) is 3.64. The van der Waals surface area contributed by atoms with Crippen molar-refractivity contribution in [2.75, 3.05) is 18.4 Å². The molecule has 0 radical (unpaired) electrons. The van der Waals surface area contributed by atoms with Crippen LogP contribution in [0.2, 0.25) is 0 Å². The van der Waals surface area contributed by atoms with Gasteiger partial charge < -0.3 is 5.32 Å². The minimum Gasteiger partial charge on any atom is -0.381 e. The molecule has 0 aromatic carbocycles. The molecule has 2 atom stereocenters. The molecule has 3 heteroatoms. The molecule has 0 saturated carbocycles. The van der Waals surface area contributed by atoms with Gasteiger partial charge in [0.1, 0.15) is 0 Å². The predicted molar refractivity (Wildman–Crippen MR) is 60.9 cm³/mol. The van der Waals surface area contributed by atoms with Gasteiger partial charge in [-0.3, -0.25) is 9.88 Å². The maximum absolute atomic E-state index is 4.04. The van der Waals surface area contributed by atoms with Crippen molar-refractivity contribution in [1.29, 1.82) is 0 Å². The highest BCUT2D eigenvalue weighted by atomic mass is 15.2. The lowest BCUT2D eigenvalue weighted by Crippen LogP contribution is -2.33. The second kappa shape index (κ2) is 3.81. The zero-order chi connectivity index (χ0) is 10.1. The second-order valence-corrected chi connectivity index (χ2v) is 4.52. The summed E-state index contributed by atoms with van der Waals surface area (Å²) in [5, 5.41) is 3.63. The highest BCUT2D eigenvalue weighted by Gasteiger charge is 2.36. The largest absolute Gasteiger partial charge is 0.381 e. The van der Waals surface area contributed by atoms with Crippen LogP contribution in [0.25, 0.3) is 0 Å². The Bertz CT molecular complexity index is 325. The molecule has 1 aromatic rings. The molecule has 80 valence electrons. The van der Waals surface area contributed by atoms with Crippen LogP contribution in [0.3, 0.4) is 0 Å². The molecule has 2 unspecified atom stereocenters. The Hall–Kier alpha value is -1.09. The number of hydrogen-bond donors (Lipinski definition) is 1. The Morgan fingerprint density at radius 3 is 2.93 bits per heavy atom.